The van der Waals surface area contributed by atoms with Crippen molar-refractivity contribution in [2.24, 2.45) is 0 Å². The highest BCUT2D eigenvalue weighted by atomic mass is 16.4. The molecule has 4 N–H and O–H groups in total. The van der Waals surface area contributed by atoms with Gasteiger partial charge in [0.15, 0.2) is 0 Å². The van der Waals surface area contributed by atoms with Crippen molar-refractivity contribution < 1.29 is 19.8 Å². The Morgan fingerprint density at radius 2 is 1.04 bits per heavy atom. The van der Waals surface area contributed by atoms with Gasteiger partial charge in [0, 0.05) is 13.1 Å². The van der Waals surface area contributed by atoms with Crippen LogP contribution in [-0.4, -0.2) is 34.2 Å². The number of nitrogens with one attached hydrogen (secondary N) is 2. The number of benzene rings is 2. The van der Waals surface area contributed by atoms with Crippen molar-refractivity contribution >= 4 is 11.9 Å². The van der Waals surface area contributed by atoms with Crippen LogP contribution in [0.5, 0.6) is 0 Å². The molecule has 136 valence electrons. The van der Waals surface area contributed by atoms with Gasteiger partial charge in [0.05, 0.1) is 0 Å². The summed E-state index contributed by atoms with van der Waals surface area (Å²) < 4.78 is 0. The molecule has 26 heavy (non-hydrogen) atoms. The van der Waals surface area contributed by atoms with E-state index in [-0.39, 0.29) is 0 Å². The van der Waals surface area contributed by atoms with Crippen LogP contribution in [0.15, 0.2) is 48.5 Å². The standard InChI is InChI=1S/2C10H11NO2/c2*12-10(13)9-5-7-3-1-2-4-8(7)6-11-9/h2*1-4,9,11H,5-6H2,(H,12,13). The van der Waals surface area contributed by atoms with Gasteiger partial charge >= 0.3 is 11.9 Å². The lowest BCUT2D eigenvalue weighted by molar-refractivity contribution is -0.140. The Kier molecular flexibility index (Phi) is 5.65. The highest BCUT2D eigenvalue weighted by Gasteiger charge is 2.23. The quantitative estimate of drug-likeness (QED) is 0.653. The summed E-state index contributed by atoms with van der Waals surface area (Å²) in [5.74, 6) is -1.54. The molecule has 0 fully saturated rings. The predicted octanol–water partition coefficient (Wildman–Crippen LogP) is 1.57. The normalized spacial score (nSPS) is 20.8. The van der Waals surface area contributed by atoms with Crippen molar-refractivity contribution in [1.82, 2.24) is 10.6 Å². The van der Waals surface area contributed by atoms with E-state index in [0.717, 1.165) is 11.1 Å². The van der Waals surface area contributed by atoms with Crippen molar-refractivity contribution in [1.29, 1.82) is 0 Å². The average Bonchev–Trinajstić information content (AvgIpc) is 2.67. The molecule has 2 atom stereocenters. The van der Waals surface area contributed by atoms with E-state index in [0.29, 0.717) is 25.9 Å². The monoisotopic (exact) mass is 354 g/mol. The minimum Gasteiger partial charge on any atom is -0.480 e. The minimum absolute atomic E-state index is 0.421. The fourth-order valence-corrected chi connectivity index (χ4v) is 3.26. The van der Waals surface area contributed by atoms with E-state index in [1.54, 1.807) is 0 Å². The molecule has 0 aliphatic carbocycles. The van der Waals surface area contributed by atoms with Crippen LogP contribution in [0, 0.1) is 0 Å². The van der Waals surface area contributed by atoms with Gasteiger partial charge in [-0.3, -0.25) is 9.59 Å². The summed E-state index contributed by atoms with van der Waals surface area (Å²) in [6, 6.07) is 15.0. The third-order valence-electron chi connectivity index (χ3n) is 4.76. The number of aliphatic carboxylic acids is 2. The molecule has 2 aromatic rings. The molecule has 0 spiro atoms. The third kappa shape index (κ3) is 4.28. The largest absolute Gasteiger partial charge is 0.480 e. The van der Waals surface area contributed by atoms with Crippen molar-refractivity contribution in [3.05, 3.63) is 70.8 Å². The lowest BCUT2D eigenvalue weighted by atomic mass is 9.96. The Balaban J connectivity index is 0.000000151. The second-order valence-corrected chi connectivity index (χ2v) is 6.49. The molecule has 2 aromatic carbocycles. The number of hydrogen-bond donors (Lipinski definition) is 4. The predicted molar refractivity (Wildman–Crippen MR) is 96.8 cm³/mol. The van der Waals surface area contributed by atoms with Crippen LogP contribution in [0.3, 0.4) is 0 Å². The summed E-state index contributed by atoms with van der Waals surface area (Å²) in [6.07, 6.45) is 1.18. The summed E-state index contributed by atoms with van der Waals surface area (Å²) >= 11 is 0. The van der Waals surface area contributed by atoms with Gasteiger partial charge in [-0.05, 0) is 35.1 Å². The van der Waals surface area contributed by atoms with E-state index < -0.39 is 24.0 Å². The topological polar surface area (TPSA) is 98.7 Å². The zero-order chi connectivity index (χ0) is 18.5. The van der Waals surface area contributed by atoms with E-state index in [4.69, 9.17) is 10.2 Å². The Labute approximate surface area is 151 Å². The maximum absolute atomic E-state index is 10.7. The van der Waals surface area contributed by atoms with E-state index in [2.05, 4.69) is 10.6 Å². The number of fused-ring (bicyclic) bond motifs is 2. The third-order valence-corrected chi connectivity index (χ3v) is 4.76. The zero-order valence-electron chi connectivity index (χ0n) is 14.3. The fraction of sp³-hybridized carbons (Fsp3) is 0.300. The summed E-state index contributed by atoms with van der Waals surface area (Å²) in [5.41, 5.74) is 4.71. The first-order valence-electron chi connectivity index (χ1n) is 8.60. The van der Waals surface area contributed by atoms with Gasteiger partial charge in [-0.15, -0.1) is 0 Å². The van der Waals surface area contributed by atoms with E-state index in [1.807, 2.05) is 48.5 Å². The molecule has 2 heterocycles. The average molecular weight is 354 g/mol. The van der Waals surface area contributed by atoms with Crippen molar-refractivity contribution in [3.8, 4) is 0 Å². The Morgan fingerprint density at radius 3 is 1.38 bits per heavy atom. The molecule has 6 nitrogen and oxygen atoms in total. The van der Waals surface area contributed by atoms with Crippen LogP contribution in [-0.2, 0) is 35.5 Å². The smallest absolute Gasteiger partial charge is 0.321 e. The molecule has 4 rings (SSSR count). The first kappa shape index (κ1) is 18.1. The molecule has 0 aromatic heterocycles. The molecule has 0 bridgehead atoms. The minimum atomic E-state index is -0.769. The number of carboxylic acid groups (broad SMARTS) is 2. The van der Waals surface area contributed by atoms with Crippen LogP contribution in [0.2, 0.25) is 0 Å². The molecular weight excluding hydrogens is 332 g/mol. The second kappa shape index (κ2) is 8.12. The van der Waals surface area contributed by atoms with Crippen molar-refractivity contribution in [2.45, 2.75) is 38.0 Å². The van der Waals surface area contributed by atoms with Crippen LogP contribution < -0.4 is 10.6 Å². The van der Waals surface area contributed by atoms with Gasteiger partial charge < -0.3 is 20.8 Å². The molecule has 0 saturated carbocycles. The zero-order valence-corrected chi connectivity index (χ0v) is 14.3. The van der Waals surface area contributed by atoms with Crippen LogP contribution in [0.4, 0.5) is 0 Å². The molecule has 0 amide bonds. The number of carbonyl (C=O) groups is 2. The number of rotatable bonds is 2. The first-order valence-corrected chi connectivity index (χ1v) is 8.60. The maximum Gasteiger partial charge on any atom is 0.321 e. The summed E-state index contributed by atoms with van der Waals surface area (Å²) in [7, 11) is 0. The molecule has 0 saturated heterocycles. The second-order valence-electron chi connectivity index (χ2n) is 6.49. The van der Waals surface area contributed by atoms with E-state index in [1.165, 1.54) is 11.1 Å². The Hall–Kier alpha value is -2.70. The van der Waals surface area contributed by atoms with Crippen molar-refractivity contribution in [3.63, 3.8) is 0 Å². The Bertz CT molecular complexity index is 738. The van der Waals surface area contributed by atoms with Gasteiger partial charge in [-0.2, -0.15) is 0 Å². The van der Waals surface area contributed by atoms with Crippen molar-refractivity contribution in [2.75, 3.05) is 0 Å². The highest BCUT2D eigenvalue weighted by Crippen LogP contribution is 2.16. The van der Waals surface area contributed by atoms with Crippen LogP contribution in [0.25, 0.3) is 0 Å². The van der Waals surface area contributed by atoms with Gasteiger partial charge in [0.2, 0.25) is 0 Å². The molecule has 2 aliphatic heterocycles. The molecule has 0 radical (unpaired) electrons. The first-order chi connectivity index (χ1) is 12.5. The lowest BCUT2D eigenvalue weighted by Crippen LogP contribution is -2.41. The maximum atomic E-state index is 10.7. The van der Waals surface area contributed by atoms with Crippen LogP contribution >= 0.6 is 0 Å². The Morgan fingerprint density at radius 1 is 0.692 bits per heavy atom. The van der Waals surface area contributed by atoms with Gasteiger partial charge in [-0.1, -0.05) is 48.5 Å². The molecular formula is C20H22N2O4. The summed E-state index contributed by atoms with van der Waals surface area (Å²) in [5, 5.41) is 23.6. The number of carboxylic acids is 2. The molecule has 2 unspecified atom stereocenters. The van der Waals surface area contributed by atoms with Gasteiger partial charge in [-0.25, -0.2) is 0 Å². The van der Waals surface area contributed by atoms with Gasteiger partial charge in [0.25, 0.3) is 0 Å². The summed E-state index contributed by atoms with van der Waals surface area (Å²) in [4.78, 5) is 21.4. The highest BCUT2D eigenvalue weighted by molar-refractivity contribution is 5.74. The number of hydrogen-bond acceptors (Lipinski definition) is 4. The fourth-order valence-electron chi connectivity index (χ4n) is 3.26. The molecule has 2 aliphatic rings. The van der Waals surface area contributed by atoms with Crippen LogP contribution in [0.1, 0.15) is 22.3 Å². The van der Waals surface area contributed by atoms with E-state index in [9.17, 15) is 9.59 Å². The van der Waals surface area contributed by atoms with E-state index >= 15 is 0 Å². The summed E-state index contributed by atoms with van der Waals surface area (Å²) in [6.45, 7) is 1.32. The molecule has 6 heteroatoms. The van der Waals surface area contributed by atoms with Gasteiger partial charge in [0.1, 0.15) is 12.1 Å². The lowest BCUT2D eigenvalue weighted by Gasteiger charge is -2.22. The SMILES string of the molecule is O=C(O)C1Cc2ccccc2CN1.O=C(O)C1Cc2ccccc2CN1.